The first-order valence-corrected chi connectivity index (χ1v) is 5.05. The quantitative estimate of drug-likeness (QED) is 0.748. The Morgan fingerprint density at radius 1 is 1.79 bits per heavy atom. The topological polar surface area (TPSA) is 57.8 Å². The second kappa shape index (κ2) is 5.00. The molecule has 0 bridgehead atoms. The van der Waals surface area contributed by atoms with Crippen molar-refractivity contribution in [1.82, 2.24) is 15.5 Å². The van der Waals surface area contributed by atoms with Gasteiger partial charge in [-0.15, -0.1) is 11.6 Å². The molecule has 1 amide bonds. The number of H-pyrrole nitrogens is 1. The van der Waals surface area contributed by atoms with Crippen molar-refractivity contribution in [3.63, 3.8) is 0 Å². The Bertz CT molecular complexity index is 311. The molecule has 78 valence electrons. The van der Waals surface area contributed by atoms with Crippen LogP contribution in [-0.4, -0.2) is 28.0 Å². The van der Waals surface area contributed by atoms with E-state index >= 15 is 0 Å². The molecule has 1 unspecified atom stereocenters. The maximum absolute atomic E-state index is 11.6. The van der Waals surface area contributed by atoms with E-state index in [2.05, 4.69) is 15.5 Å². The molecule has 0 aromatic carbocycles. The summed E-state index contributed by atoms with van der Waals surface area (Å²) in [7, 11) is 0. The number of hydrogen-bond donors (Lipinski definition) is 2. The first kappa shape index (κ1) is 11.0. The van der Waals surface area contributed by atoms with Crippen LogP contribution in [0.25, 0.3) is 0 Å². The molecule has 0 saturated heterocycles. The molecule has 1 heterocycles. The minimum Gasteiger partial charge on any atom is -0.349 e. The summed E-state index contributed by atoms with van der Waals surface area (Å²) in [6.45, 7) is 3.74. The van der Waals surface area contributed by atoms with Crippen LogP contribution in [0.1, 0.15) is 29.4 Å². The number of halogens is 1. The average Bonchev–Trinajstić information content (AvgIpc) is 2.51. The van der Waals surface area contributed by atoms with Gasteiger partial charge in [0.1, 0.15) is 0 Å². The standard InChI is InChI=1S/C9H14ClN3O/c1-6(3-4-10)12-9(14)8-5-11-13-7(8)2/h5-6H,3-4H2,1-2H3,(H,11,13)(H,12,14). The summed E-state index contributed by atoms with van der Waals surface area (Å²) in [6, 6.07) is 0.0919. The fourth-order valence-corrected chi connectivity index (χ4v) is 1.44. The Balaban J connectivity index is 2.55. The molecule has 5 heteroatoms. The van der Waals surface area contributed by atoms with Crippen LogP contribution < -0.4 is 5.32 Å². The SMILES string of the molecule is Cc1[nH]ncc1C(=O)NC(C)CCCl. The zero-order valence-corrected chi connectivity index (χ0v) is 9.06. The van der Waals surface area contributed by atoms with Gasteiger partial charge in [-0.25, -0.2) is 0 Å². The van der Waals surface area contributed by atoms with Crippen LogP contribution in [0, 0.1) is 6.92 Å². The van der Waals surface area contributed by atoms with Gasteiger partial charge in [0, 0.05) is 17.6 Å². The van der Waals surface area contributed by atoms with Gasteiger partial charge in [-0.1, -0.05) is 0 Å². The van der Waals surface area contributed by atoms with E-state index in [9.17, 15) is 4.79 Å². The van der Waals surface area contributed by atoms with Crippen molar-refractivity contribution in [3.8, 4) is 0 Å². The molecule has 0 aliphatic carbocycles. The minimum atomic E-state index is -0.103. The van der Waals surface area contributed by atoms with Crippen LogP contribution in [0.2, 0.25) is 0 Å². The highest BCUT2D eigenvalue weighted by atomic mass is 35.5. The molecule has 0 saturated carbocycles. The number of rotatable bonds is 4. The number of nitrogens with zero attached hydrogens (tertiary/aromatic N) is 1. The first-order valence-electron chi connectivity index (χ1n) is 4.52. The van der Waals surface area contributed by atoms with Crippen molar-refractivity contribution in [2.24, 2.45) is 0 Å². The van der Waals surface area contributed by atoms with E-state index in [1.54, 1.807) is 0 Å². The molecular weight excluding hydrogens is 202 g/mol. The number of carbonyl (C=O) groups is 1. The Hall–Kier alpha value is -1.03. The Morgan fingerprint density at radius 3 is 3.00 bits per heavy atom. The van der Waals surface area contributed by atoms with Gasteiger partial charge in [-0.2, -0.15) is 5.10 Å². The van der Waals surface area contributed by atoms with Crippen LogP contribution in [0.5, 0.6) is 0 Å². The van der Waals surface area contributed by atoms with Crippen molar-refractivity contribution in [3.05, 3.63) is 17.5 Å². The second-order valence-corrected chi connectivity index (χ2v) is 3.64. The largest absolute Gasteiger partial charge is 0.349 e. The molecule has 0 radical (unpaired) electrons. The van der Waals surface area contributed by atoms with Crippen LogP contribution in [0.4, 0.5) is 0 Å². The fourth-order valence-electron chi connectivity index (χ4n) is 1.12. The predicted molar refractivity (Wildman–Crippen MR) is 55.6 cm³/mol. The lowest BCUT2D eigenvalue weighted by Gasteiger charge is -2.11. The van der Waals surface area contributed by atoms with Gasteiger partial charge in [0.2, 0.25) is 0 Å². The summed E-state index contributed by atoms with van der Waals surface area (Å²) in [5.74, 6) is 0.445. The second-order valence-electron chi connectivity index (χ2n) is 3.26. The van der Waals surface area contributed by atoms with Gasteiger partial charge in [-0.3, -0.25) is 9.89 Å². The van der Waals surface area contributed by atoms with Crippen molar-refractivity contribution in [2.75, 3.05) is 5.88 Å². The lowest BCUT2D eigenvalue weighted by Crippen LogP contribution is -2.32. The highest BCUT2D eigenvalue weighted by Crippen LogP contribution is 2.03. The minimum absolute atomic E-state index is 0.0919. The third-order valence-corrected chi connectivity index (χ3v) is 2.21. The van der Waals surface area contributed by atoms with E-state index in [-0.39, 0.29) is 11.9 Å². The van der Waals surface area contributed by atoms with Crippen molar-refractivity contribution >= 4 is 17.5 Å². The summed E-state index contributed by atoms with van der Waals surface area (Å²) in [6.07, 6.45) is 2.29. The number of aromatic amines is 1. The number of alkyl halides is 1. The Labute approximate surface area is 88.0 Å². The van der Waals surface area contributed by atoms with Crippen molar-refractivity contribution < 1.29 is 4.79 Å². The number of amides is 1. The first-order chi connectivity index (χ1) is 6.65. The molecule has 1 atom stereocenters. The number of aromatic nitrogens is 2. The Kier molecular flexibility index (Phi) is 3.95. The number of carbonyl (C=O) groups excluding carboxylic acids is 1. The molecule has 0 aliphatic rings. The lowest BCUT2D eigenvalue weighted by molar-refractivity contribution is 0.0939. The summed E-state index contributed by atoms with van der Waals surface area (Å²) < 4.78 is 0. The van der Waals surface area contributed by atoms with E-state index in [1.165, 1.54) is 6.20 Å². The molecule has 14 heavy (non-hydrogen) atoms. The molecule has 0 fully saturated rings. The maximum Gasteiger partial charge on any atom is 0.254 e. The molecule has 1 aromatic rings. The molecule has 2 N–H and O–H groups in total. The normalized spacial score (nSPS) is 12.5. The highest BCUT2D eigenvalue weighted by Gasteiger charge is 2.12. The molecule has 1 aromatic heterocycles. The summed E-state index contributed by atoms with van der Waals surface area (Å²) >= 11 is 5.57. The van der Waals surface area contributed by atoms with Gasteiger partial charge >= 0.3 is 0 Å². The summed E-state index contributed by atoms with van der Waals surface area (Å²) in [5, 5.41) is 9.34. The number of nitrogens with one attached hydrogen (secondary N) is 2. The van der Waals surface area contributed by atoms with Crippen LogP contribution >= 0.6 is 11.6 Å². The van der Waals surface area contributed by atoms with Crippen LogP contribution in [0.15, 0.2) is 6.20 Å². The van der Waals surface area contributed by atoms with E-state index in [1.807, 2.05) is 13.8 Å². The molecular formula is C9H14ClN3O. The van der Waals surface area contributed by atoms with Crippen LogP contribution in [0.3, 0.4) is 0 Å². The number of hydrogen-bond acceptors (Lipinski definition) is 2. The van der Waals surface area contributed by atoms with Crippen molar-refractivity contribution in [1.29, 1.82) is 0 Å². The molecule has 1 rings (SSSR count). The predicted octanol–water partition coefficient (Wildman–Crippen LogP) is 1.47. The smallest absolute Gasteiger partial charge is 0.254 e. The molecule has 4 nitrogen and oxygen atoms in total. The fraction of sp³-hybridized carbons (Fsp3) is 0.556. The zero-order chi connectivity index (χ0) is 10.6. The highest BCUT2D eigenvalue weighted by molar-refractivity contribution is 6.17. The number of aryl methyl sites for hydroxylation is 1. The summed E-state index contributed by atoms with van der Waals surface area (Å²) in [4.78, 5) is 11.6. The summed E-state index contributed by atoms with van der Waals surface area (Å²) in [5.41, 5.74) is 1.37. The average molecular weight is 216 g/mol. The lowest BCUT2D eigenvalue weighted by atomic mass is 10.2. The van der Waals surface area contributed by atoms with Gasteiger partial charge in [0.25, 0.3) is 5.91 Å². The maximum atomic E-state index is 11.6. The van der Waals surface area contributed by atoms with Crippen molar-refractivity contribution in [2.45, 2.75) is 26.3 Å². The van der Waals surface area contributed by atoms with Gasteiger partial charge in [0.15, 0.2) is 0 Å². The Morgan fingerprint density at radius 2 is 2.50 bits per heavy atom. The molecule has 0 spiro atoms. The van der Waals surface area contributed by atoms with Crippen LogP contribution in [-0.2, 0) is 0 Å². The van der Waals surface area contributed by atoms with E-state index < -0.39 is 0 Å². The monoisotopic (exact) mass is 215 g/mol. The van der Waals surface area contributed by atoms with E-state index in [4.69, 9.17) is 11.6 Å². The van der Waals surface area contributed by atoms with Gasteiger partial charge in [-0.05, 0) is 20.3 Å². The van der Waals surface area contributed by atoms with Gasteiger partial charge < -0.3 is 5.32 Å². The van der Waals surface area contributed by atoms with E-state index in [0.29, 0.717) is 11.4 Å². The van der Waals surface area contributed by atoms with E-state index in [0.717, 1.165) is 12.1 Å². The van der Waals surface area contributed by atoms with Gasteiger partial charge in [0.05, 0.1) is 11.8 Å². The third kappa shape index (κ3) is 2.73. The zero-order valence-electron chi connectivity index (χ0n) is 8.30. The third-order valence-electron chi connectivity index (χ3n) is 1.99. The molecule has 0 aliphatic heterocycles.